The molecule has 0 spiro atoms. The molecule has 0 fully saturated rings. The first-order valence-corrected chi connectivity index (χ1v) is 10.5. The number of halogens is 1. The van der Waals surface area contributed by atoms with Gasteiger partial charge in [0.15, 0.2) is 5.43 Å². The largest absolute Gasteiger partial charge is 0.465 e. The van der Waals surface area contributed by atoms with Gasteiger partial charge >= 0.3 is 11.9 Å². The smallest absolute Gasteiger partial charge is 0.354 e. The molecule has 0 radical (unpaired) electrons. The van der Waals surface area contributed by atoms with Crippen molar-refractivity contribution in [2.75, 3.05) is 14.2 Å². The van der Waals surface area contributed by atoms with E-state index in [9.17, 15) is 14.4 Å². The summed E-state index contributed by atoms with van der Waals surface area (Å²) in [6, 6.07) is 19.4. The average molecular weight is 462 g/mol. The Morgan fingerprint density at radius 3 is 2.18 bits per heavy atom. The number of esters is 2. The number of ether oxygens (including phenoxy) is 2. The number of hydrogen-bond acceptors (Lipinski definition) is 5. The summed E-state index contributed by atoms with van der Waals surface area (Å²) in [7, 11) is 2.57. The topological polar surface area (TPSA) is 85.5 Å². The van der Waals surface area contributed by atoms with Gasteiger partial charge in [0.2, 0.25) is 0 Å². The molecule has 3 aromatic carbocycles. The van der Waals surface area contributed by atoms with Crippen LogP contribution in [-0.4, -0.2) is 31.1 Å². The Labute approximate surface area is 194 Å². The quantitative estimate of drug-likeness (QED) is 0.422. The van der Waals surface area contributed by atoms with E-state index in [1.165, 1.54) is 14.2 Å². The number of carbonyl (C=O) groups excluding carboxylic acids is 2. The molecule has 0 bridgehead atoms. The van der Waals surface area contributed by atoms with Crippen LogP contribution in [0.5, 0.6) is 0 Å². The number of rotatable bonds is 5. The van der Waals surface area contributed by atoms with Crippen LogP contribution in [0.4, 0.5) is 0 Å². The summed E-state index contributed by atoms with van der Waals surface area (Å²) in [6.45, 7) is 0. The van der Waals surface area contributed by atoms with Gasteiger partial charge in [-0.1, -0.05) is 54.1 Å². The lowest BCUT2D eigenvalue weighted by Crippen LogP contribution is -2.20. The fourth-order valence-corrected chi connectivity index (χ4v) is 4.05. The SMILES string of the molecule is COC(=O)c1ccc(Cc2c(C(=O)OC)[nH]c3c(-c4ccccc4)c(Cl)ccc3c2=O)cc1. The standard InChI is InChI=1S/C26H20ClNO5/c1-32-25(30)17-10-8-15(9-11-17)14-19-23(26(31)33-2)28-22-18(24(19)29)12-13-20(27)21(22)16-6-4-3-5-7-16/h3-13H,14H2,1-2H3,(H,28,29). The van der Waals surface area contributed by atoms with Gasteiger partial charge in [-0.25, -0.2) is 9.59 Å². The molecule has 7 heteroatoms. The van der Waals surface area contributed by atoms with Crippen LogP contribution in [0, 0.1) is 0 Å². The van der Waals surface area contributed by atoms with Gasteiger partial charge in [-0.05, 0) is 35.4 Å². The summed E-state index contributed by atoms with van der Waals surface area (Å²) < 4.78 is 9.67. The minimum Gasteiger partial charge on any atom is -0.465 e. The number of aromatic nitrogens is 1. The number of benzene rings is 3. The van der Waals surface area contributed by atoms with Gasteiger partial charge in [0.1, 0.15) is 5.69 Å². The lowest BCUT2D eigenvalue weighted by atomic mass is 9.96. The van der Waals surface area contributed by atoms with Crippen molar-refractivity contribution in [3.63, 3.8) is 0 Å². The zero-order valence-electron chi connectivity index (χ0n) is 18.0. The third-order valence-electron chi connectivity index (χ3n) is 5.43. The molecule has 0 amide bonds. The van der Waals surface area contributed by atoms with E-state index in [0.29, 0.717) is 27.1 Å². The number of aromatic amines is 1. The van der Waals surface area contributed by atoms with Gasteiger partial charge in [0.05, 0.1) is 30.3 Å². The van der Waals surface area contributed by atoms with Gasteiger partial charge in [0, 0.05) is 22.9 Å². The van der Waals surface area contributed by atoms with E-state index < -0.39 is 11.9 Å². The first-order valence-electron chi connectivity index (χ1n) is 10.1. The van der Waals surface area contributed by atoms with Gasteiger partial charge in [-0.2, -0.15) is 0 Å². The zero-order chi connectivity index (χ0) is 23.5. The van der Waals surface area contributed by atoms with Crippen molar-refractivity contribution in [3.8, 4) is 11.1 Å². The molecule has 33 heavy (non-hydrogen) atoms. The highest BCUT2D eigenvalue weighted by atomic mass is 35.5. The maximum absolute atomic E-state index is 13.5. The highest BCUT2D eigenvalue weighted by molar-refractivity contribution is 6.35. The van der Waals surface area contributed by atoms with Crippen molar-refractivity contribution in [1.29, 1.82) is 0 Å². The summed E-state index contributed by atoms with van der Waals surface area (Å²) in [5.41, 5.74) is 3.07. The Balaban J connectivity index is 1.91. The molecule has 0 saturated heterocycles. The van der Waals surface area contributed by atoms with Gasteiger partial charge in [-0.15, -0.1) is 0 Å². The lowest BCUT2D eigenvalue weighted by molar-refractivity contribution is 0.0587. The number of H-pyrrole nitrogens is 1. The van der Waals surface area contributed by atoms with Crippen molar-refractivity contribution >= 4 is 34.4 Å². The molecular formula is C26H20ClNO5. The van der Waals surface area contributed by atoms with Crippen molar-refractivity contribution < 1.29 is 19.1 Å². The van der Waals surface area contributed by atoms with Gasteiger partial charge in [0.25, 0.3) is 0 Å². The first kappa shape index (κ1) is 22.3. The van der Waals surface area contributed by atoms with Crippen LogP contribution in [-0.2, 0) is 15.9 Å². The Morgan fingerprint density at radius 1 is 0.879 bits per heavy atom. The highest BCUT2D eigenvalue weighted by Gasteiger charge is 2.22. The highest BCUT2D eigenvalue weighted by Crippen LogP contribution is 2.34. The first-order chi connectivity index (χ1) is 15.9. The van der Waals surface area contributed by atoms with E-state index in [0.717, 1.165) is 11.1 Å². The van der Waals surface area contributed by atoms with Crippen LogP contribution < -0.4 is 5.43 Å². The number of carbonyl (C=O) groups is 2. The van der Waals surface area contributed by atoms with E-state index in [1.54, 1.807) is 36.4 Å². The summed E-state index contributed by atoms with van der Waals surface area (Å²) in [4.78, 5) is 41.0. The second kappa shape index (κ2) is 9.30. The molecule has 0 aliphatic heterocycles. The predicted molar refractivity (Wildman–Crippen MR) is 127 cm³/mol. The van der Waals surface area contributed by atoms with Crippen molar-refractivity contribution in [3.05, 3.63) is 104 Å². The Morgan fingerprint density at radius 2 is 1.55 bits per heavy atom. The molecule has 0 atom stereocenters. The second-order valence-electron chi connectivity index (χ2n) is 7.38. The van der Waals surface area contributed by atoms with Crippen LogP contribution in [0.25, 0.3) is 22.0 Å². The third-order valence-corrected chi connectivity index (χ3v) is 5.75. The molecule has 0 saturated carbocycles. The molecule has 166 valence electrons. The van der Waals surface area contributed by atoms with E-state index in [1.807, 2.05) is 30.3 Å². The van der Waals surface area contributed by atoms with Crippen LogP contribution >= 0.6 is 11.6 Å². The van der Waals surface area contributed by atoms with Crippen LogP contribution in [0.1, 0.15) is 32.0 Å². The molecule has 1 heterocycles. The maximum Gasteiger partial charge on any atom is 0.354 e. The van der Waals surface area contributed by atoms with E-state index in [-0.39, 0.29) is 23.1 Å². The molecule has 0 aliphatic carbocycles. The minimum atomic E-state index is -0.658. The molecule has 0 unspecified atom stereocenters. The predicted octanol–water partition coefficient (Wildman–Crippen LogP) is 5.01. The van der Waals surface area contributed by atoms with Crippen molar-refractivity contribution in [1.82, 2.24) is 4.98 Å². The Hall–Kier alpha value is -3.90. The van der Waals surface area contributed by atoms with Crippen molar-refractivity contribution in [2.45, 2.75) is 6.42 Å². The van der Waals surface area contributed by atoms with Gasteiger partial charge in [-0.3, -0.25) is 4.79 Å². The Kier molecular flexibility index (Phi) is 6.29. The molecule has 1 aromatic heterocycles. The van der Waals surface area contributed by atoms with Crippen LogP contribution in [0.3, 0.4) is 0 Å². The number of nitrogens with one attached hydrogen (secondary N) is 1. The monoisotopic (exact) mass is 461 g/mol. The molecule has 1 N–H and O–H groups in total. The average Bonchev–Trinajstić information content (AvgIpc) is 2.85. The molecule has 6 nitrogen and oxygen atoms in total. The van der Waals surface area contributed by atoms with E-state index in [4.69, 9.17) is 21.1 Å². The fraction of sp³-hybridized carbons (Fsp3) is 0.115. The summed E-state index contributed by atoms with van der Waals surface area (Å²) in [6.07, 6.45) is 0.167. The minimum absolute atomic E-state index is 0.0616. The molecular weight excluding hydrogens is 442 g/mol. The van der Waals surface area contributed by atoms with Gasteiger partial charge < -0.3 is 14.5 Å². The van der Waals surface area contributed by atoms with Crippen LogP contribution in [0.15, 0.2) is 71.5 Å². The van der Waals surface area contributed by atoms with Crippen molar-refractivity contribution in [2.24, 2.45) is 0 Å². The van der Waals surface area contributed by atoms with Crippen LogP contribution in [0.2, 0.25) is 5.02 Å². The number of fused-ring (bicyclic) bond motifs is 1. The number of hydrogen-bond donors (Lipinski definition) is 1. The molecule has 4 aromatic rings. The molecule has 0 aliphatic rings. The molecule has 4 rings (SSSR count). The second-order valence-corrected chi connectivity index (χ2v) is 7.78. The van der Waals surface area contributed by atoms with E-state index in [2.05, 4.69) is 4.98 Å². The zero-order valence-corrected chi connectivity index (χ0v) is 18.7. The number of pyridine rings is 1. The summed E-state index contributed by atoms with van der Waals surface area (Å²) >= 11 is 6.50. The Bertz CT molecular complexity index is 1410. The lowest BCUT2D eigenvalue weighted by Gasteiger charge is -2.14. The third kappa shape index (κ3) is 4.25. The number of methoxy groups -OCH3 is 2. The fourth-order valence-electron chi connectivity index (χ4n) is 3.79. The summed E-state index contributed by atoms with van der Waals surface area (Å²) in [5, 5.41) is 0.860. The normalized spacial score (nSPS) is 10.8. The summed E-state index contributed by atoms with van der Waals surface area (Å²) in [5.74, 6) is -1.11. The maximum atomic E-state index is 13.5. The van der Waals surface area contributed by atoms with E-state index >= 15 is 0 Å².